The van der Waals surface area contributed by atoms with Crippen molar-refractivity contribution in [2.24, 2.45) is 0 Å². The highest BCUT2D eigenvalue weighted by molar-refractivity contribution is 5.45. The van der Waals surface area contributed by atoms with Gasteiger partial charge in [0.1, 0.15) is 5.82 Å². The number of nitrogens with zero attached hydrogens (tertiary/aromatic N) is 7. The number of anilines is 3. The summed E-state index contributed by atoms with van der Waals surface area (Å²) in [5, 5.41) is 3.34. The third-order valence-electron chi connectivity index (χ3n) is 4.89. The van der Waals surface area contributed by atoms with Crippen LogP contribution in [0.4, 0.5) is 17.7 Å². The molecule has 2 aromatic rings. The van der Waals surface area contributed by atoms with E-state index >= 15 is 0 Å². The fraction of sp³-hybridized carbons (Fsp3) is 0.556. The smallest absolute Gasteiger partial charge is 0.225 e. The van der Waals surface area contributed by atoms with Gasteiger partial charge in [0.15, 0.2) is 0 Å². The molecule has 144 valence electrons. The lowest BCUT2D eigenvalue weighted by molar-refractivity contribution is 0.0398. The Morgan fingerprint density at radius 3 is 2.41 bits per heavy atom. The Morgan fingerprint density at radius 2 is 1.63 bits per heavy atom. The molecule has 2 aliphatic rings. The molecule has 0 spiro atoms. The second-order valence-electron chi connectivity index (χ2n) is 6.64. The van der Waals surface area contributed by atoms with E-state index in [1.165, 1.54) is 0 Å². The van der Waals surface area contributed by atoms with Crippen molar-refractivity contribution in [3.8, 4) is 0 Å². The van der Waals surface area contributed by atoms with Crippen LogP contribution in [0.1, 0.15) is 0 Å². The summed E-state index contributed by atoms with van der Waals surface area (Å²) in [4.78, 5) is 24.6. The Balaban J connectivity index is 1.27. The first-order valence-electron chi connectivity index (χ1n) is 9.52. The first kappa shape index (κ1) is 17.9. The first-order chi connectivity index (χ1) is 13.4. The zero-order valence-corrected chi connectivity index (χ0v) is 15.5. The molecule has 9 heteroatoms. The summed E-state index contributed by atoms with van der Waals surface area (Å²) in [5.41, 5.74) is 0. The summed E-state index contributed by atoms with van der Waals surface area (Å²) in [6, 6.07) is 3.82. The number of hydrogen-bond acceptors (Lipinski definition) is 9. The summed E-state index contributed by atoms with van der Waals surface area (Å²) in [5.74, 6) is 2.45. The van der Waals surface area contributed by atoms with Crippen molar-refractivity contribution in [2.75, 3.05) is 80.7 Å². The van der Waals surface area contributed by atoms with Gasteiger partial charge in [0.2, 0.25) is 11.9 Å². The van der Waals surface area contributed by atoms with E-state index in [4.69, 9.17) is 4.74 Å². The molecule has 2 aliphatic heterocycles. The molecule has 0 bridgehead atoms. The Bertz CT molecular complexity index is 702. The highest BCUT2D eigenvalue weighted by atomic mass is 16.5. The van der Waals surface area contributed by atoms with E-state index in [9.17, 15) is 0 Å². The number of nitrogens with one attached hydrogen (secondary N) is 1. The molecule has 2 saturated heterocycles. The third kappa shape index (κ3) is 4.81. The molecular weight excluding hydrogens is 344 g/mol. The van der Waals surface area contributed by atoms with Crippen molar-refractivity contribution in [3.05, 3.63) is 30.7 Å². The van der Waals surface area contributed by atoms with Crippen molar-refractivity contribution < 1.29 is 4.74 Å². The van der Waals surface area contributed by atoms with Crippen LogP contribution in [0.5, 0.6) is 0 Å². The van der Waals surface area contributed by atoms with Gasteiger partial charge < -0.3 is 19.9 Å². The molecule has 9 nitrogen and oxygen atoms in total. The fourth-order valence-electron chi connectivity index (χ4n) is 3.35. The Morgan fingerprint density at radius 1 is 0.889 bits per heavy atom. The first-order valence-corrected chi connectivity index (χ1v) is 9.52. The molecule has 4 rings (SSSR count). The predicted octanol–water partition coefficient (Wildman–Crippen LogP) is 0.337. The monoisotopic (exact) mass is 370 g/mol. The van der Waals surface area contributed by atoms with Gasteiger partial charge in [0.25, 0.3) is 0 Å². The maximum absolute atomic E-state index is 5.38. The lowest BCUT2D eigenvalue weighted by Crippen LogP contribution is -2.47. The molecule has 0 aromatic carbocycles. The van der Waals surface area contributed by atoms with Gasteiger partial charge in [0, 0.05) is 70.9 Å². The molecule has 0 radical (unpaired) electrons. The van der Waals surface area contributed by atoms with Crippen molar-refractivity contribution in [1.29, 1.82) is 0 Å². The van der Waals surface area contributed by atoms with Crippen LogP contribution in [0.15, 0.2) is 30.7 Å². The van der Waals surface area contributed by atoms with E-state index in [1.807, 2.05) is 18.3 Å². The molecule has 27 heavy (non-hydrogen) atoms. The molecule has 0 saturated carbocycles. The molecule has 0 atom stereocenters. The van der Waals surface area contributed by atoms with Crippen molar-refractivity contribution in [2.45, 2.75) is 0 Å². The predicted molar refractivity (Wildman–Crippen MR) is 104 cm³/mol. The van der Waals surface area contributed by atoms with Crippen LogP contribution in [-0.2, 0) is 4.74 Å². The van der Waals surface area contributed by atoms with Crippen molar-refractivity contribution >= 4 is 17.7 Å². The van der Waals surface area contributed by atoms with Gasteiger partial charge in [-0.25, -0.2) is 15.0 Å². The molecule has 0 aliphatic carbocycles. The molecule has 0 amide bonds. The van der Waals surface area contributed by atoms with Crippen LogP contribution < -0.4 is 15.1 Å². The van der Waals surface area contributed by atoms with E-state index in [-0.39, 0.29) is 0 Å². The third-order valence-corrected chi connectivity index (χ3v) is 4.89. The summed E-state index contributed by atoms with van der Waals surface area (Å²) in [6.45, 7) is 9.01. The van der Waals surface area contributed by atoms with Gasteiger partial charge in [0.05, 0.1) is 13.2 Å². The lowest BCUT2D eigenvalue weighted by atomic mass is 10.3. The molecular formula is C18H26N8O. The van der Waals surface area contributed by atoms with Gasteiger partial charge in [-0.3, -0.25) is 4.90 Å². The van der Waals surface area contributed by atoms with E-state index in [1.54, 1.807) is 12.4 Å². The van der Waals surface area contributed by atoms with Crippen LogP contribution >= 0.6 is 0 Å². The van der Waals surface area contributed by atoms with Gasteiger partial charge in [-0.2, -0.15) is 4.98 Å². The fourth-order valence-corrected chi connectivity index (χ4v) is 3.35. The molecule has 2 fully saturated rings. The van der Waals surface area contributed by atoms with Gasteiger partial charge in [-0.1, -0.05) is 0 Å². The number of ether oxygens (including phenoxy) is 1. The van der Waals surface area contributed by atoms with Crippen LogP contribution in [-0.4, -0.2) is 90.4 Å². The zero-order valence-electron chi connectivity index (χ0n) is 15.5. The largest absolute Gasteiger partial charge is 0.379 e. The second-order valence-corrected chi connectivity index (χ2v) is 6.64. The molecule has 1 N–H and O–H groups in total. The summed E-state index contributed by atoms with van der Waals surface area (Å²) in [7, 11) is 0. The average Bonchev–Trinajstić information content (AvgIpc) is 2.76. The van der Waals surface area contributed by atoms with E-state index in [2.05, 4.69) is 40.0 Å². The number of piperazine rings is 1. The number of aromatic nitrogens is 4. The minimum atomic E-state index is 0.689. The van der Waals surface area contributed by atoms with Gasteiger partial charge >= 0.3 is 0 Å². The minimum Gasteiger partial charge on any atom is -0.379 e. The van der Waals surface area contributed by atoms with Crippen LogP contribution in [0.3, 0.4) is 0 Å². The summed E-state index contributed by atoms with van der Waals surface area (Å²) < 4.78 is 5.38. The Hall–Kier alpha value is -2.52. The number of rotatable bonds is 6. The Labute approximate surface area is 159 Å². The topological polar surface area (TPSA) is 82.5 Å². The van der Waals surface area contributed by atoms with Crippen LogP contribution in [0, 0.1) is 0 Å². The van der Waals surface area contributed by atoms with Crippen molar-refractivity contribution in [1.82, 2.24) is 24.8 Å². The molecule has 0 unspecified atom stereocenters. The normalized spacial score (nSPS) is 18.5. The zero-order chi connectivity index (χ0) is 18.3. The van der Waals surface area contributed by atoms with Crippen molar-refractivity contribution in [3.63, 3.8) is 0 Å². The van der Waals surface area contributed by atoms with E-state index in [0.29, 0.717) is 5.95 Å². The summed E-state index contributed by atoms with van der Waals surface area (Å²) >= 11 is 0. The Kier molecular flexibility index (Phi) is 5.90. The standard InChI is InChI=1S/C18H26N8O/c1-3-21-18(22-4-1)26-10-8-25(9-11-26)16-2-5-19-17(23-16)20-6-7-24-12-14-27-15-13-24/h1-5H,6-15H2,(H,19,20,23). The molecule has 4 heterocycles. The SMILES string of the molecule is c1cnc(N2CCN(c3ccnc(NCCN4CCOCC4)n3)CC2)nc1. The highest BCUT2D eigenvalue weighted by Crippen LogP contribution is 2.16. The number of morpholine rings is 1. The van der Waals surface area contributed by atoms with Crippen LogP contribution in [0.2, 0.25) is 0 Å². The minimum absolute atomic E-state index is 0.689. The number of hydrogen-bond donors (Lipinski definition) is 1. The molecule has 2 aromatic heterocycles. The van der Waals surface area contributed by atoms with Gasteiger partial charge in [-0.05, 0) is 12.1 Å². The lowest BCUT2D eigenvalue weighted by Gasteiger charge is -2.35. The van der Waals surface area contributed by atoms with E-state index < -0.39 is 0 Å². The van der Waals surface area contributed by atoms with Gasteiger partial charge in [-0.15, -0.1) is 0 Å². The summed E-state index contributed by atoms with van der Waals surface area (Å²) in [6.07, 6.45) is 5.40. The second kappa shape index (κ2) is 8.92. The maximum atomic E-state index is 5.38. The quantitative estimate of drug-likeness (QED) is 0.774. The van der Waals surface area contributed by atoms with Crippen LogP contribution in [0.25, 0.3) is 0 Å². The maximum Gasteiger partial charge on any atom is 0.225 e. The average molecular weight is 370 g/mol. The van der Waals surface area contributed by atoms with E-state index in [0.717, 1.165) is 77.3 Å². The highest BCUT2D eigenvalue weighted by Gasteiger charge is 2.20.